The summed E-state index contributed by atoms with van der Waals surface area (Å²) in [5.41, 5.74) is 1.79. The van der Waals surface area contributed by atoms with Gasteiger partial charge in [-0.3, -0.25) is 28.9 Å². The summed E-state index contributed by atoms with van der Waals surface area (Å²) >= 11 is 0. The number of carbonyl (C=O) groups excluding carboxylic acids is 2. The van der Waals surface area contributed by atoms with Gasteiger partial charge in [-0.25, -0.2) is 4.79 Å². The van der Waals surface area contributed by atoms with Gasteiger partial charge in [0.2, 0.25) is 11.8 Å². The maximum absolute atomic E-state index is 12.8. The molecule has 0 saturated carbocycles. The molecule has 2 aliphatic heterocycles. The number of hydrogen-bond donors (Lipinski definition) is 1. The molecule has 160 valence electrons. The molecule has 2 atom stereocenters. The third-order valence-corrected chi connectivity index (χ3v) is 5.69. The summed E-state index contributed by atoms with van der Waals surface area (Å²) in [4.78, 5) is 38.7. The van der Waals surface area contributed by atoms with Crippen molar-refractivity contribution in [3.8, 4) is 17.9 Å². The lowest BCUT2D eigenvalue weighted by atomic mass is 10.1. The Hall–Kier alpha value is -3.40. The number of piperidine rings is 1. The van der Waals surface area contributed by atoms with Crippen LogP contribution in [-0.4, -0.2) is 58.2 Å². The third kappa shape index (κ3) is 4.24. The zero-order valence-corrected chi connectivity index (χ0v) is 17.3. The Kier molecular flexibility index (Phi) is 5.90. The molecule has 1 unspecified atom stereocenters. The van der Waals surface area contributed by atoms with Gasteiger partial charge >= 0.3 is 5.69 Å². The molecule has 0 bridgehead atoms. The quantitative estimate of drug-likeness (QED) is 0.563. The van der Waals surface area contributed by atoms with Gasteiger partial charge in [0, 0.05) is 32.1 Å². The number of nitriles is 1. The van der Waals surface area contributed by atoms with Crippen molar-refractivity contribution in [3.63, 3.8) is 0 Å². The number of hydrogen-bond acceptors (Lipinski definition) is 6. The number of aromatic nitrogens is 2. The van der Waals surface area contributed by atoms with E-state index in [2.05, 4.69) is 28.1 Å². The second kappa shape index (κ2) is 8.76. The molecular formula is C22H23N5O4. The molecule has 0 spiro atoms. The molecule has 31 heavy (non-hydrogen) atoms. The van der Waals surface area contributed by atoms with Gasteiger partial charge in [0.15, 0.2) is 0 Å². The van der Waals surface area contributed by atoms with E-state index >= 15 is 0 Å². The normalized spacial score (nSPS) is 21.9. The molecule has 2 aromatic rings. The van der Waals surface area contributed by atoms with Crippen LogP contribution in [0.3, 0.4) is 0 Å². The summed E-state index contributed by atoms with van der Waals surface area (Å²) in [7, 11) is 1.66. The van der Waals surface area contributed by atoms with Crippen LogP contribution in [0.25, 0.3) is 11.0 Å². The fourth-order valence-electron chi connectivity index (χ4n) is 4.07. The molecule has 1 aromatic heterocycles. The summed E-state index contributed by atoms with van der Waals surface area (Å²) in [6.45, 7) is 2.62. The van der Waals surface area contributed by atoms with E-state index in [-0.39, 0.29) is 24.1 Å². The van der Waals surface area contributed by atoms with Crippen LogP contribution in [0, 0.1) is 23.2 Å². The van der Waals surface area contributed by atoms with Gasteiger partial charge in [-0.1, -0.05) is 11.8 Å². The molecule has 3 heterocycles. The van der Waals surface area contributed by atoms with Gasteiger partial charge in [-0.15, -0.1) is 0 Å². The van der Waals surface area contributed by atoms with Crippen molar-refractivity contribution in [3.05, 3.63) is 34.2 Å². The van der Waals surface area contributed by atoms with Crippen LogP contribution in [0.15, 0.2) is 23.0 Å². The highest BCUT2D eigenvalue weighted by Gasteiger charge is 2.31. The number of imide groups is 1. The van der Waals surface area contributed by atoms with E-state index in [0.717, 1.165) is 12.1 Å². The summed E-state index contributed by atoms with van der Waals surface area (Å²) in [6.07, 6.45) is 0.814. The maximum Gasteiger partial charge on any atom is 0.329 e. The summed E-state index contributed by atoms with van der Waals surface area (Å²) in [5.74, 6) is 5.53. The largest absolute Gasteiger partial charge is 0.374 e. The molecule has 2 aliphatic rings. The molecule has 9 nitrogen and oxygen atoms in total. The predicted octanol–water partition coefficient (Wildman–Crippen LogP) is 0.284. The number of carbonyl (C=O) groups is 2. The molecule has 2 fully saturated rings. The fourth-order valence-corrected chi connectivity index (χ4v) is 4.07. The topological polar surface area (TPSA) is 109 Å². The van der Waals surface area contributed by atoms with Crippen molar-refractivity contribution in [2.45, 2.75) is 31.4 Å². The Morgan fingerprint density at radius 2 is 2.10 bits per heavy atom. The lowest BCUT2D eigenvalue weighted by Crippen LogP contribution is -2.44. The van der Waals surface area contributed by atoms with Crippen LogP contribution < -0.4 is 11.0 Å². The standard InChI is InChI=1S/C22H23N5O4/c1-25-19-13-15(3-2-10-26-11-12-31-16(14-26)8-9-23)4-5-17(19)27(22(25)30)18-6-7-20(28)24-21(18)29/h4-5,13,16,18H,6-8,10-12,14H2,1H3,(H,24,28,29)/t16-,18?/m1/s1. The van der Waals surface area contributed by atoms with Crippen LogP contribution in [0.1, 0.15) is 30.9 Å². The number of benzene rings is 1. The van der Waals surface area contributed by atoms with Crippen LogP contribution >= 0.6 is 0 Å². The average Bonchev–Trinajstić information content (AvgIpc) is 2.99. The first-order chi connectivity index (χ1) is 15.0. The minimum absolute atomic E-state index is 0.0709. The van der Waals surface area contributed by atoms with E-state index in [9.17, 15) is 14.4 Å². The molecule has 1 aromatic carbocycles. The number of rotatable bonds is 3. The molecule has 9 heteroatoms. The molecule has 1 N–H and O–H groups in total. The molecule has 0 radical (unpaired) electrons. The minimum Gasteiger partial charge on any atom is -0.374 e. The molecule has 0 aliphatic carbocycles. The Labute approximate surface area is 179 Å². The van der Waals surface area contributed by atoms with Crippen molar-refractivity contribution >= 4 is 22.8 Å². The number of fused-ring (bicyclic) bond motifs is 1. The van der Waals surface area contributed by atoms with Gasteiger partial charge in [0.1, 0.15) is 6.04 Å². The number of aryl methyl sites for hydroxylation is 1. The second-order valence-electron chi connectivity index (χ2n) is 7.77. The van der Waals surface area contributed by atoms with Crippen LogP contribution in [0.4, 0.5) is 0 Å². The monoisotopic (exact) mass is 421 g/mol. The Balaban J connectivity index is 1.55. The molecule has 2 amide bonds. The summed E-state index contributed by atoms with van der Waals surface area (Å²) in [5, 5.41) is 11.1. The summed E-state index contributed by atoms with van der Waals surface area (Å²) in [6, 6.07) is 6.90. The van der Waals surface area contributed by atoms with E-state index < -0.39 is 11.9 Å². The average molecular weight is 421 g/mol. The first kappa shape index (κ1) is 20.9. The predicted molar refractivity (Wildman–Crippen MR) is 112 cm³/mol. The van der Waals surface area contributed by atoms with E-state index in [1.54, 1.807) is 13.1 Å². The second-order valence-corrected chi connectivity index (χ2v) is 7.77. The Bertz CT molecular complexity index is 1190. The SMILES string of the molecule is Cn1c(=O)n(C2CCC(=O)NC2=O)c2ccc(C#CCN3CCO[C@H](CC#N)C3)cc21. The number of nitrogens with zero attached hydrogens (tertiary/aromatic N) is 4. The van der Waals surface area contributed by atoms with Gasteiger partial charge in [0.05, 0.1) is 42.8 Å². The smallest absolute Gasteiger partial charge is 0.329 e. The Morgan fingerprint density at radius 1 is 1.26 bits per heavy atom. The van der Waals surface area contributed by atoms with E-state index in [1.807, 2.05) is 12.1 Å². The number of ether oxygens (including phenoxy) is 1. The van der Waals surface area contributed by atoms with Crippen LogP contribution in [0.5, 0.6) is 0 Å². The first-order valence-corrected chi connectivity index (χ1v) is 10.2. The number of morpholine rings is 1. The number of imidazole rings is 1. The van der Waals surface area contributed by atoms with Gasteiger partial charge in [0.25, 0.3) is 0 Å². The van der Waals surface area contributed by atoms with Gasteiger partial charge in [-0.2, -0.15) is 5.26 Å². The van der Waals surface area contributed by atoms with Gasteiger partial charge < -0.3 is 4.74 Å². The van der Waals surface area contributed by atoms with Crippen molar-refractivity contribution in [2.75, 3.05) is 26.2 Å². The third-order valence-electron chi connectivity index (χ3n) is 5.69. The number of amides is 2. The minimum atomic E-state index is -0.700. The van der Waals surface area contributed by atoms with Crippen LogP contribution in [-0.2, 0) is 21.4 Å². The highest BCUT2D eigenvalue weighted by atomic mass is 16.5. The summed E-state index contributed by atoms with van der Waals surface area (Å²) < 4.78 is 8.51. The number of nitrogens with one attached hydrogen (secondary N) is 1. The molecular weight excluding hydrogens is 398 g/mol. The van der Waals surface area contributed by atoms with Crippen molar-refractivity contribution in [1.29, 1.82) is 5.26 Å². The van der Waals surface area contributed by atoms with Crippen LogP contribution in [0.2, 0.25) is 0 Å². The van der Waals surface area contributed by atoms with E-state index in [1.165, 1.54) is 9.13 Å². The Morgan fingerprint density at radius 3 is 2.87 bits per heavy atom. The van der Waals surface area contributed by atoms with E-state index in [4.69, 9.17) is 10.00 Å². The zero-order chi connectivity index (χ0) is 22.0. The highest BCUT2D eigenvalue weighted by Crippen LogP contribution is 2.23. The van der Waals surface area contributed by atoms with E-state index in [0.29, 0.717) is 43.6 Å². The zero-order valence-electron chi connectivity index (χ0n) is 17.3. The van der Waals surface area contributed by atoms with Crippen molar-refractivity contribution < 1.29 is 14.3 Å². The van der Waals surface area contributed by atoms with Crippen molar-refractivity contribution in [2.24, 2.45) is 7.05 Å². The fraction of sp³-hybridized carbons (Fsp3) is 0.455. The lowest BCUT2D eigenvalue weighted by molar-refractivity contribution is -0.135. The molecule has 2 saturated heterocycles. The van der Waals surface area contributed by atoms with Crippen molar-refractivity contribution in [1.82, 2.24) is 19.4 Å². The molecule has 4 rings (SSSR count). The lowest BCUT2D eigenvalue weighted by Gasteiger charge is -2.30. The highest BCUT2D eigenvalue weighted by molar-refractivity contribution is 6.00. The first-order valence-electron chi connectivity index (χ1n) is 10.2. The maximum atomic E-state index is 12.8. The van der Waals surface area contributed by atoms with Gasteiger partial charge in [-0.05, 0) is 24.6 Å².